The number of halogens is 1. The number of hydrogen-bond acceptors (Lipinski definition) is 3. The molecule has 0 radical (unpaired) electrons. The van der Waals surface area contributed by atoms with Gasteiger partial charge in [0.15, 0.2) is 11.5 Å². The van der Waals surface area contributed by atoms with Gasteiger partial charge in [0.25, 0.3) is 0 Å². The number of allylic oxidation sites excluding steroid dienone is 1. The zero-order chi connectivity index (χ0) is 12.8. The van der Waals surface area contributed by atoms with Gasteiger partial charge in [-0.05, 0) is 37.6 Å². The number of methoxy groups -OCH3 is 1. The largest absolute Gasteiger partial charge is 0.493 e. The van der Waals surface area contributed by atoms with Crippen LogP contribution >= 0.6 is 11.6 Å². The zero-order valence-electron chi connectivity index (χ0n) is 10.4. The quantitative estimate of drug-likeness (QED) is 0.822. The number of benzene rings is 1. The summed E-state index contributed by atoms with van der Waals surface area (Å²) in [4.78, 5) is 0. The van der Waals surface area contributed by atoms with Crippen molar-refractivity contribution in [2.75, 3.05) is 13.7 Å². The van der Waals surface area contributed by atoms with Crippen molar-refractivity contribution in [3.05, 3.63) is 34.4 Å². The summed E-state index contributed by atoms with van der Waals surface area (Å²) in [6.45, 7) is 4.92. The van der Waals surface area contributed by atoms with E-state index in [-0.39, 0.29) is 0 Å². The Bertz CT molecular complexity index is 412. The van der Waals surface area contributed by atoms with Crippen LogP contribution in [0, 0.1) is 0 Å². The van der Waals surface area contributed by atoms with Crippen molar-refractivity contribution in [3.63, 3.8) is 0 Å². The SMILES string of the molecule is COc1cc(CN)cc(Cl)c1OCC=C(C)C. The third-order valence-corrected chi connectivity index (χ3v) is 2.52. The first-order valence-corrected chi connectivity index (χ1v) is 5.79. The normalized spacial score (nSPS) is 9.94. The molecule has 0 atom stereocenters. The van der Waals surface area contributed by atoms with E-state index < -0.39 is 0 Å². The molecule has 2 N–H and O–H groups in total. The molecular weight excluding hydrogens is 238 g/mol. The Morgan fingerprint density at radius 1 is 1.41 bits per heavy atom. The lowest BCUT2D eigenvalue weighted by molar-refractivity contribution is 0.325. The third-order valence-electron chi connectivity index (χ3n) is 2.24. The van der Waals surface area contributed by atoms with Gasteiger partial charge in [-0.3, -0.25) is 0 Å². The molecule has 0 aliphatic rings. The molecule has 0 bridgehead atoms. The molecule has 0 unspecified atom stereocenters. The van der Waals surface area contributed by atoms with Crippen LogP contribution in [0.25, 0.3) is 0 Å². The van der Waals surface area contributed by atoms with Crippen LogP contribution in [0.5, 0.6) is 11.5 Å². The maximum absolute atomic E-state index is 6.13. The number of hydrogen-bond donors (Lipinski definition) is 1. The first kappa shape index (κ1) is 13.9. The molecule has 94 valence electrons. The highest BCUT2D eigenvalue weighted by atomic mass is 35.5. The molecule has 0 aliphatic carbocycles. The van der Waals surface area contributed by atoms with E-state index in [0.717, 1.165) is 5.56 Å². The van der Waals surface area contributed by atoms with Crippen molar-refractivity contribution in [2.45, 2.75) is 20.4 Å². The first-order chi connectivity index (χ1) is 8.08. The lowest BCUT2D eigenvalue weighted by atomic mass is 10.2. The molecule has 1 aromatic rings. The summed E-state index contributed by atoms with van der Waals surface area (Å²) in [5, 5.41) is 0.520. The second kappa shape index (κ2) is 6.52. The van der Waals surface area contributed by atoms with Crippen molar-refractivity contribution in [2.24, 2.45) is 5.73 Å². The number of ether oxygens (including phenoxy) is 2. The van der Waals surface area contributed by atoms with Gasteiger partial charge >= 0.3 is 0 Å². The molecule has 1 rings (SSSR count). The molecular formula is C13H18ClNO2. The Hall–Kier alpha value is -1.19. The summed E-state index contributed by atoms with van der Waals surface area (Å²) < 4.78 is 10.8. The third kappa shape index (κ3) is 3.95. The second-order valence-corrected chi connectivity index (χ2v) is 4.31. The lowest BCUT2D eigenvalue weighted by Crippen LogP contribution is -2.01. The molecule has 0 aromatic heterocycles. The predicted molar refractivity (Wildman–Crippen MR) is 70.8 cm³/mol. The van der Waals surface area contributed by atoms with Gasteiger partial charge in [-0.15, -0.1) is 0 Å². The summed E-state index contributed by atoms with van der Waals surface area (Å²) in [7, 11) is 1.58. The van der Waals surface area contributed by atoms with Crippen molar-refractivity contribution < 1.29 is 9.47 Å². The van der Waals surface area contributed by atoms with Gasteiger partial charge in [0.2, 0.25) is 0 Å². The summed E-state index contributed by atoms with van der Waals surface area (Å²) >= 11 is 6.13. The van der Waals surface area contributed by atoms with Gasteiger partial charge in [0.1, 0.15) is 6.61 Å². The topological polar surface area (TPSA) is 44.5 Å². The monoisotopic (exact) mass is 255 g/mol. The maximum Gasteiger partial charge on any atom is 0.180 e. The van der Waals surface area contributed by atoms with Gasteiger partial charge in [0.05, 0.1) is 12.1 Å². The Kier molecular flexibility index (Phi) is 5.32. The van der Waals surface area contributed by atoms with Crippen molar-refractivity contribution in [1.82, 2.24) is 0 Å². The minimum absolute atomic E-state index is 0.421. The lowest BCUT2D eigenvalue weighted by Gasteiger charge is -2.12. The van der Waals surface area contributed by atoms with Gasteiger partial charge in [-0.25, -0.2) is 0 Å². The molecule has 17 heavy (non-hydrogen) atoms. The molecule has 0 amide bonds. The average Bonchev–Trinajstić information content (AvgIpc) is 2.30. The molecule has 0 saturated heterocycles. The molecule has 0 aliphatic heterocycles. The van der Waals surface area contributed by atoms with E-state index in [4.69, 9.17) is 26.8 Å². The standard InChI is InChI=1S/C13H18ClNO2/c1-9(2)4-5-17-13-11(14)6-10(8-15)7-12(13)16-3/h4,6-7H,5,8,15H2,1-3H3. The molecule has 1 aromatic carbocycles. The minimum Gasteiger partial charge on any atom is -0.493 e. The summed E-state index contributed by atoms with van der Waals surface area (Å²) in [5.41, 5.74) is 7.68. The van der Waals surface area contributed by atoms with Crippen LogP contribution in [0.15, 0.2) is 23.8 Å². The van der Waals surface area contributed by atoms with E-state index in [2.05, 4.69) is 0 Å². The molecule has 0 saturated carbocycles. The summed E-state index contributed by atoms with van der Waals surface area (Å²) in [5.74, 6) is 1.17. The zero-order valence-corrected chi connectivity index (χ0v) is 11.2. The van der Waals surface area contributed by atoms with E-state index in [9.17, 15) is 0 Å². The van der Waals surface area contributed by atoms with Gasteiger partial charge < -0.3 is 15.2 Å². The first-order valence-electron chi connectivity index (χ1n) is 5.41. The fourth-order valence-corrected chi connectivity index (χ4v) is 1.61. The van der Waals surface area contributed by atoms with Gasteiger partial charge in [-0.1, -0.05) is 17.2 Å². The maximum atomic E-state index is 6.13. The van der Waals surface area contributed by atoms with Crippen molar-refractivity contribution in [1.29, 1.82) is 0 Å². The Morgan fingerprint density at radius 2 is 2.12 bits per heavy atom. The highest BCUT2D eigenvalue weighted by molar-refractivity contribution is 6.32. The van der Waals surface area contributed by atoms with Crippen LogP contribution in [-0.2, 0) is 6.54 Å². The van der Waals surface area contributed by atoms with E-state index in [1.165, 1.54) is 5.57 Å². The van der Waals surface area contributed by atoms with Crippen LogP contribution < -0.4 is 15.2 Å². The number of rotatable bonds is 5. The fourth-order valence-electron chi connectivity index (χ4n) is 1.32. The highest BCUT2D eigenvalue weighted by Gasteiger charge is 2.10. The predicted octanol–water partition coefficient (Wildman–Crippen LogP) is 3.15. The van der Waals surface area contributed by atoms with Gasteiger partial charge in [-0.2, -0.15) is 0 Å². The average molecular weight is 256 g/mol. The Morgan fingerprint density at radius 3 is 2.65 bits per heavy atom. The van der Waals surface area contributed by atoms with Crippen LogP contribution in [0.2, 0.25) is 5.02 Å². The minimum atomic E-state index is 0.421. The second-order valence-electron chi connectivity index (χ2n) is 3.91. The fraction of sp³-hybridized carbons (Fsp3) is 0.385. The smallest absolute Gasteiger partial charge is 0.180 e. The van der Waals surface area contributed by atoms with E-state index >= 15 is 0 Å². The number of nitrogens with two attached hydrogens (primary N) is 1. The molecule has 0 fully saturated rings. The Labute approximate surface area is 107 Å². The van der Waals surface area contributed by atoms with Crippen molar-refractivity contribution in [3.8, 4) is 11.5 Å². The van der Waals surface area contributed by atoms with Crippen LogP contribution in [0.4, 0.5) is 0 Å². The molecule has 4 heteroatoms. The highest BCUT2D eigenvalue weighted by Crippen LogP contribution is 2.36. The molecule has 0 spiro atoms. The summed E-state index contributed by atoms with van der Waals surface area (Å²) in [6.07, 6.45) is 1.98. The van der Waals surface area contributed by atoms with Gasteiger partial charge in [0, 0.05) is 6.54 Å². The van der Waals surface area contributed by atoms with E-state index in [1.807, 2.05) is 26.0 Å². The Balaban J connectivity index is 2.93. The molecule has 3 nitrogen and oxygen atoms in total. The summed E-state index contributed by atoms with van der Waals surface area (Å²) in [6, 6.07) is 3.63. The van der Waals surface area contributed by atoms with Crippen molar-refractivity contribution >= 4 is 11.6 Å². The van der Waals surface area contributed by atoms with E-state index in [1.54, 1.807) is 13.2 Å². The van der Waals surface area contributed by atoms with Crippen LogP contribution in [-0.4, -0.2) is 13.7 Å². The van der Waals surface area contributed by atoms with E-state index in [0.29, 0.717) is 29.7 Å². The van der Waals surface area contributed by atoms with Crippen LogP contribution in [0.3, 0.4) is 0 Å². The van der Waals surface area contributed by atoms with Crippen LogP contribution in [0.1, 0.15) is 19.4 Å². The molecule has 0 heterocycles.